The van der Waals surface area contributed by atoms with E-state index in [0.29, 0.717) is 16.4 Å². The Balaban J connectivity index is 0.00000210. The quantitative estimate of drug-likeness (QED) is 0.713. The van der Waals surface area contributed by atoms with E-state index in [2.05, 4.69) is 16.0 Å². The van der Waals surface area contributed by atoms with E-state index < -0.39 is 0 Å². The van der Waals surface area contributed by atoms with Gasteiger partial charge in [0.2, 0.25) is 5.91 Å². The zero-order valence-electron chi connectivity index (χ0n) is 14.6. The van der Waals surface area contributed by atoms with Crippen molar-refractivity contribution in [2.45, 2.75) is 19.3 Å². The molecular weight excluding hydrogens is 389 g/mol. The lowest BCUT2D eigenvalue weighted by Gasteiger charge is -2.23. The molecule has 2 fully saturated rings. The number of furan rings is 1. The smallest absolute Gasteiger partial charge is 0.291 e. The molecule has 1 saturated heterocycles. The van der Waals surface area contributed by atoms with Crippen molar-refractivity contribution in [1.29, 1.82) is 0 Å². The third-order valence-corrected chi connectivity index (χ3v) is 5.65. The number of halogens is 2. The average molecular weight is 410 g/mol. The van der Waals surface area contributed by atoms with Gasteiger partial charge in [-0.15, -0.1) is 12.4 Å². The van der Waals surface area contributed by atoms with Crippen LogP contribution in [0.15, 0.2) is 41.0 Å². The molecule has 1 aromatic heterocycles. The number of carbonyl (C=O) groups is 2. The predicted molar refractivity (Wildman–Crippen MR) is 107 cm³/mol. The van der Waals surface area contributed by atoms with Crippen LogP contribution in [-0.2, 0) is 4.79 Å². The van der Waals surface area contributed by atoms with Gasteiger partial charge in [-0.3, -0.25) is 9.59 Å². The van der Waals surface area contributed by atoms with Crippen molar-refractivity contribution < 1.29 is 14.0 Å². The number of nitrogens with one attached hydrogen (secondary N) is 3. The van der Waals surface area contributed by atoms with E-state index in [-0.39, 0.29) is 41.3 Å². The van der Waals surface area contributed by atoms with Crippen molar-refractivity contribution in [2.75, 3.05) is 23.7 Å². The van der Waals surface area contributed by atoms with E-state index in [4.69, 9.17) is 16.0 Å². The molecule has 1 aliphatic carbocycles. The molecule has 2 heterocycles. The highest BCUT2D eigenvalue weighted by Gasteiger charge is 2.57. The minimum Gasteiger partial charge on any atom is -0.459 e. The summed E-state index contributed by atoms with van der Waals surface area (Å²) in [4.78, 5) is 24.5. The maximum Gasteiger partial charge on any atom is 0.291 e. The molecule has 0 radical (unpaired) electrons. The van der Waals surface area contributed by atoms with Crippen LogP contribution in [0, 0.1) is 11.3 Å². The fraction of sp³-hybridized carbons (Fsp3) is 0.368. The summed E-state index contributed by atoms with van der Waals surface area (Å²) < 4.78 is 5.06. The summed E-state index contributed by atoms with van der Waals surface area (Å²) in [5.74, 6) is -0.0315. The standard InChI is InChI=1S/C19H20ClN3O3.ClH/c20-14-10-12(3-4-15(14)23-18(25)16-2-1-9-26-16)22-17(24)13-11-19(13)5-7-21-8-6-19;/h1-4,9-10,13,21H,5-8,11H2,(H,22,24)(H,23,25);1H. The van der Waals surface area contributed by atoms with E-state index in [1.165, 1.54) is 6.26 Å². The molecule has 6 nitrogen and oxygen atoms in total. The van der Waals surface area contributed by atoms with Gasteiger partial charge in [-0.05, 0) is 68.1 Å². The van der Waals surface area contributed by atoms with E-state index in [1.807, 2.05) is 0 Å². The first kappa shape index (κ1) is 19.7. The van der Waals surface area contributed by atoms with Gasteiger partial charge in [-0.1, -0.05) is 11.6 Å². The van der Waals surface area contributed by atoms with Crippen LogP contribution in [0.5, 0.6) is 0 Å². The molecule has 2 amide bonds. The fourth-order valence-corrected chi connectivity index (χ4v) is 3.94. The molecule has 1 saturated carbocycles. The van der Waals surface area contributed by atoms with Crippen LogP contribution < -0.4 is 16.0 Å². The molecule has 1 unspecified atom stereocenters. The summed E-state index contributed by atoms with van der Waals surface area (Å²) in [5.41, 5.74) is 1.29. The van der Waals surface area contributed by atoms with E-state index in [1.54, 1.807) is 30.3 Å². The second-order valence-electron chi connectivity index (χ2n) is 6.98. The molecule has 1 aromatic carbocycles. The molecule has 8 heteroatoms. The predicted octanol–water partition coefficient (Wildman–Crippen LogP) is 3.94. The molecule has 4 rings (SSSR count). The van der Waals surface area contributed by atoms with Gasteiger partial charge in [-0.2, -0.15) is 0 Å². The average Bonchev–Trinajstić information content (AvgIpc) is 3.07. The molecule has 1 atom stereocenters. The largest absolute Gasteiger partial charge is 0.459 e. The normalized spacial score (nSPS) is 19.8. The number of carbonyl (C=O) groups excluding carboxylic acids is 2. The maximum absolute atomic E-state index is 12.5. The first-order valence-corrected chi connectivity index (χ1v) is 9.11. The minimum absolute atomic E-state index is 0. The van der Waals surface area contributed by atoms with E-state index in [0.717, 1.165) is 32.4 Å². The van der Waals surface area contributed by atoms with Crippen molar-refractivity contribution in [2.24, 2.45) is 11.3 Å². The van der Waals surface area contributed by atoms with Crippen molar-refractivity contribution in [3.8, 4) is 0 Å². The molecule has 2 aliphatic rings. The Bertz CT molecular complexity index is 833. The summed E-state index contributed by atoms with van der Waals surface area (Å²) in [7, 11) is 0. The van der Waals surface area contributed by atoms with Gasteiger partial charge in [-0.25, -0.2) is 0 Å². The van der Waals surface area contributed by atoms with Gasteiger partial charge in [0.15, 0.2) is 5.76 Å². The summed E-state index contributed by atoms with van der Waals surface area (Å²) in [6, 6.07) is 8.27. The number of hydrogen-bond donors (Lipinski definition) is 3. The highest BCUT2D eigenvalue weighted by atomic mass is 35.5. The Morgan fingerprint density at radius 3 is 2.63 bits per heavy atom. The Morgan fingerprint density at radius 1 is 1.19 bits per heavy atom. The lowest BCUT2D eigenvalue weighted by atomic mass is 9.92. The Morgan fingerprint density at radius 2 is 1.96 bits per heavy atom. The lowest BCUT2D eigenvalue weighted by Crippen LogP contribution is -2.31. The van der Waals surface area contributed by atoms with Crippen LogP contribution in [-0.4, -0.2) is 24.9 Å². The second kappa shape index (κ2) is 7.92. The van der Waals surface area contributed by atoms with E-state index >= 15 is 0 Å². The van der Waals surface area contributed by atoms with Crippen LogP contribution in [0.4, 0.5) is 11.4 Å². The first-order chi connectivity index (χ1) is 12.6. The van der Waals surface area contributed by atoms with Gasteiger partial charge >= 0.3 is 0 Å². The third-order valence-electron chi connectivity index (χ3n) is 5.34. The third kappa shape index (κ3) is 4.13. The Hall–Kier alpha value is -2.02. The SMILES string of the molecule is Cl.O=C(Nc1ccc(NC(=O)C2CC23CCNCC3)cc1Cl)c1ccco1. The maximum atomic E-state index is 12.5. The van der Waals surface area contributed by atoms with Crippen molar-refractivity contribution in [3.63, 3.8) is 0 Å². The number of benzene rings is 1. The van der Waals surface area contributed by atoms with E-state index in [9.17, 15) is 9.59 Å². The second-order valence-corrected chi connectivity index (χ2v) is 7.39. The molecular formula is C19H21Cl2N3O3. The van der Waals surface area contributed by atoms with Gasteiger partial charge in [0.05, 0.1) is 17.0 Å². The number of rotatable bonds is 4. The van der Waals surface area contributed by atoms with Crippen LogP contribution in [0.25, 0.3) is 0 Å². The Labute approximate surface area is 168 Å². The van der Waals surface area contributed by atoms with Crippen LogP contribution >= 0.6 is 24.0 Å². The van der Waals surface area contributed by atoms with Gasteiger partial charge in [0.25, 0.3) is 5.91 Å². The molecule has 3 N–H and O–H groups in total. The number of piperidine rings is 1. The molecule has 0 bridgehead atoms. The van der Waals surface area contributed by atoms with Crippen LogP contribution in [0.3, 0.4) is 0 Å². The molecule has 27 heavy (non-hydrogen) atoms. The van der Waals surface area contributed by atoms with Gasteiger partial charge in [0, 0.05) is 11.6 Å². The zero-order chi connectivity index (χ0) is 18.1. The number of hydrogen-bond acceptors (Lipinski definition) is 4. The summed E-state index contributed by atoms with van der Waals surface area (Å²) in [6.45, 7) is 1.97. The summed E-state index contributed by atoms with van der Waals surface area (Å²) in [5, 5.41) is 9.33. The molecule has 1 aliphatic heterocycles. The van der Waals surface area contributed by atoms with Crippen molar-refractivity contribution in [3.05, 3.63) is 47.4 Å². The lowest BCUT2D eigenvalue weighted by molar-refractivity contribution is -0.118. The van der Waals surface area contributed by atoms with Crippen molar-refractivity contribution >= 4 is 47.2 Å². The highest BCUT2D eigenvalue weighted by molar-refractivity contribution is 6.34. The highest BCUT2D eigenvalue weighted by Crippen LogP contribution is 2.58. The molecule has 2 aromatic rings. The monoisotopic (exact) mass is 409 g/mol. The molecule has 1 spiro atoms. The minimum atomic E-state index is -0.375. The van der Waals surface area contributed by atoms with Crippen LogP contribution in [0.1, 0.15) is 29.8 Å². The van der Waals surface area contributed by atoms with Gasteiger partial charge < -0.3 is 20.4 Å². The summed E-state index contributed by atoms with van der Waals surface area (Å²) >= 11 is 6.25. The fourth-order valence-electron chi connectivity index (χ4n) is 3.71. The first-order valence-electron chi connectivity index (χ1n) is 8.73. The van der Waals surface area contributed by atoms with Crippen molar-refractivity contribution in [1.82, 2.24) is 5.32 Å². The zero-order valence-corrected chi connectivity index (χ0v) is 16.2. The number of anilines is 2. The summed E-state index contributed by atoms with van der Waals surface area (Å²) in [6.07, 6.45) is 4.51. The van der Waals surface area contributed by atoms with Gasteiger partial charge in [0.1, 0.15) is 0 Å². The van der Waals surface area contributed by atoms with Crippen LogP contribution in [0.2, 0.25) is 5.02 Å². The topological polar surface area (TPSA) is 83.4 Å². The molecule has 144 valence electrons. The number of amides is 2. The Kier molecular flexibility index (Phi) is 5.79.